The third-order valence-corrected chi connectivity index (χ3v) is 10.1. The van der Waals surface area contributed by atoms with Crippen LogP contribution in [0.2, 0.25) is 0 Å². The maximum absolute atomic E-state index is 12.5. The molecule has 3 atom stereocenters. The summed E-state index contributed by atoms with van der Waals surface area (Å²) >= 11 is 0. The van der Waals surface area contributed by atoms with Crippen LogP contribution in [0.5, 0.6) is 0 Å². The summed E-state index contributed by atoms with van der Waals surface area (Å²) < 4.78 is 33.3. The van der Waals surface area contributed by atoms with Crippen molar-refractivity contribution >= 4 is 13.8 Å². The van der Waals surface area contributed by atoms with E-state index >= 15 is 0 Å². The molecule has 0 radical (unpaired) electrons. The lowest BCUT2D eigenvalue weighted by Crippen LogP contribution is -2.28. The third-order valence-electron chi connectivity index (χ3n) is 9.10. The van der Waals surface area contributed by atoms with Gasteiger partial charge >= 0.3 is 13.8 Å². The fourth-order valence-corrected chi connectivity index (χ4v) is 6.78. The van der Waals surface area contributed by atoms with Crippen molar-refractivity contribution < 1.29 is 37.9 Å². The van der Waals surface area contributed by atoms with Gasteiger partial charge in [-0.25, -0.2) is 4.57 Å². The molecule has 0 amide bonds. The molecule has 0 aromatic carbocycles. The van der Waals surface area contributed by atoms with E-state index in [1.165, 1.54) is 116 Å². The van der Waals surface area contributed by atoms with Crippen LogP contribution in [0, 0.1) is 0 Å². The van der Waals surface area contributed by atoms with Gasteiger partial charge in [-0.05, 0) is 25.7 Å². The Kier molecular flexibility index (Phi) is 36.8. The molecule has 10 heteroatoms. The fourth-order valence-electron chi connectivity index (χ4n) is 6.02. The summed E-state index contributed by atoms with van der Waals surface area (Å²) in [5.74, 6) is -0.349. The number of aliphatic hydroxyl groups is 1. The zero-order valence-corrected chi connectivity index (χ0v) is 33.0. The van der Waals surface area contributed by atoms with E-state index in [2.05, 4.69) is 13.8 Å². The SMILES string of the molecule is CCCCCCCCCCCCCCCCOCC(COP(=O)(O)OCCN)OC(=O)CCCCCCCCCCC(O)CCCCCC. The molecule has 0 heterocycles. The van der Waals surface area contributed by atoms with Crippen molar-refractivity contribution in [3.63, 3.8) is 0 Å². The zero-order chi connectivity index (χ0) is 36.1. The maximum Gasteiger partial charge on any atom is 0.472 e. The largest absolute Gasteiger partial charge is 0.472 e. The van der Waals surface area contributed by atoms with Gasteiger partial charge in [0.05, 0.1) is 25.9 Å². The number of esters is 1. The van der Waals surface area contributed by atoms with Crippen molar-refractivity contribution in [1.82, 2.24) is 0 Å². The maximum atomic E-state index is 12.5. The predicted molar refractivity (Wildman–Crippen MR) is 203 cm³/mol. The lowest BCUT2D eigenvalue weighted by molar-refractivity contribution is -0.154. The van der Waals surface area contributed by atoms with Crippen LogP contribution >= 0.6 is 7.82 Å². The quantitative estimate of drug-likeness (QED) is 0.0320. The van der Waals surface area contributed by atoms with Gasteiger partial charge in [-0.15, -0.1) is 0 Å². The standard InChI is InChI=1S/C39H80NO8P/c1-3-5-7-9-10-11-12-13-14-15-18-21-24-28-33-45-35-38(36-47-49(43,44)46-34-32-40)48-39(42)31-27-23-20-17-16-19-22-26-30-37(41)29-25-8-6-4-2/h37-38,41H,3-36,40H2,1-2H3,(H,43,44). The first-order valence-electron chi connectivity index (χ1n) is 20.6. The first-order chi connectivity index (χ1) is 23.8. The number of phosphoric acid groups is 1. The van der Waals surface area contributed by atoms with Gasteiger partial charge in [-0.2, -0.15) is 0 Å². The number of rotatable bonds is 40. The lowest BCUT2D eigenvalue weighted by atomic mass is 10.0. The molecule has 3 unspecified atom stereocenters. The molecule has 294 valence electrons. The van der Waals surface area contributed by atoms with Gasteiger partial charge in [0, 0.05) is 19.6 Å². The van der Waals surface area contributed by atoms with Gasteiger partial charge in [-0.3, -0.25) is 13.8 Å². The number of phosphoric ester groups is 1. The minimum absolute atomic E-state index is 0.0953. The monoisotopic (exact) mass is 722 g/mol. The van der Waals surface area contributed by atoms with Gasteiger partial charge in [0.1, 0.15) is 6.10 Å². The minimum Gasteiger partial charge on any atom is -0.457 e. The normalized spacial score (nSPS) is 14.1. The molecule has 0 aliphatic rings. The molecule has 0 saturated carbocycles. The number of ether oxygens (including phenoxy) is 2. The van der Waals surface area contributed by atoms with Gasteiger partial charge in [0.15, 0.2) is 0 Å². The molecule has 9 nitrogen and oxygen atoms in total. The molecule has 0 aromatic heterocycles. The Balaban J connectivity index is 4.05. The minimum atomic E-state index is -4.28. The Hall–Kier alpha value is -0.540. The van der Waals surface area contributed by atoms with Crippen molar-refractivity contribution in [2.45, 2.75) is 212 Å². The van der Waals surface area contributed by atoms with E-state index in [4.69, 9.17) is 24.3 Å². The highest BCUT2D eigenvalue weighted by molar-refractivity contribution is 7.47. The Bertz CT molecular complexity index is 744. The van der Waals surface area contributed by atoms with Crippen LogP contribution in [0.25, 0.3) is 0 Å². The zero-order valence-electron chi connectivity index (χ0n) is 32.1. The molecular formula is C39H80NO8P. The summed E-state index contributed by atoms with van der Waals surface area (Å²) in [4.78, 5) is 22.4. The summed E-state index contributed by atoms with van der Waals surface area (Å²) in [5, 5.41) is 10.1. The van der Waals surface area contributed by atoms with Crippen molar-refractivity contribution in [1.29, 1.82) is 0 Å². The second-order valence-electron chi connectivity index (χ2n) is 14.0. The second-order valence-corrected chi connectivity index (χ2v) is 15.5. The molecule has 0 spiro atoms. The molecular weight excluding hydrogens is 641 g/mol. The van der Waals surface area contributed by atoms with Gasteiger partial charge in [-0.1, -0.05) is 168 Å². The third kappa shape index (κ3) is 37.0. The van der Waals surface area contributed by atoms with Gasteiger partial charge in [0.2, 0.25) is 0 Å². The molecule has 49 heavy (non-hydrogen) atoms. The van der Waals surface area contributed by atoms with E-state index in [1.54, 1.807) is 0 Å². The molecule has 0 saturated heterocycles. The number of carbonyl (C=O) groups is 1. The number of carbonyl (C=O) groups excluding carboxylic acids is 1. The number of unbranched alkanes of at least 4 members (excludes halogenated alkanes) is 23. The molecule has 0 aliphatic carbocycles. The van der Waals surface area contributed by atoms with Crippen molar-refractivity contribution in [2.75, 3.05) is 33.0 Å². The molecule has 0 rings (SSSR count). The predicted octanol–water partition coefficient (Wildman–Crippen LogP) is 10.7. The number of aliphatic hydroxyl groups excluding tert-OH is 1. The first-order valence-corrected chi connectivity index (χ1v) is 22.1. The summed E-state index contributed by atoms with van der Waals surface area (Å²) in [6, 6.07) is 0. The molecule has 0 fully saturated rings. The smallest absolute Gasteiger partial charge is 0.457 e. The van der Waals surface area contributed by atoms with E-state index in [0.717, 1.165) is 64.2 Å². The van der Waals surface area contributed by atoms with Gasteiger partial charge < -0.3 is 25.2 Å². The van der Waals surface area contributed by atoms with E-state index < -0.39 is 13.9 Å². The van der Waals surface area contributed by atoms with Crippen molar-refractivity contribution in [3.8, 4) is 0 Å². The topological polar surface area (TPSA) is 138 Å². The van der Waals surface area contributed by atoms with Crippen molar-refractivity contribution in [3.05, 3.63) is 0 Å². The Morgan fingerprint density at radius 2 is 1.02 bits per heavy atom. The summed E-state index contributed by atoms with van der Waals surface area (Å²) in [6.07, 6.45) is 32.7. The molecule has 0 bridgehead atoms. The average molecular weight is 722 g/mol. The first kappa shape index (κ1) is 48.5. The Labute approximate surface area is 302 Å². The lowest BCUT2D eigenvalue weighted by Gasteiger charge is -2.20. The van der Waals surface area contributed by atoms with Crippen LogP contribution in [0.15, 0.2) is 0 Å². The highest BCUT2D eigenvalue weighted by Crippen LogP contribution is 2.43. The van der Waals surface area contributed by atoms with E-state index in [-0.39, 0.29) is 38.4 Å². The van der Waals surface area contributed by atoms with Crippen LogP contribution in [0.4, 0.5) is 0 Å². The molecule has 0 aliphatic heterocycles. The van der Waals surface area contributed by atoms with Crippen LogP contribution in [-0.4, -0.2) is 61.1 Å². The second kappa shape index (κ2) is 37.2. The van der Waals surface area contributed by atoms with Crippen LogP contribution in [0.1, 0.15) is 200 Å². The molecule has 0 aromatic rings. The highest BCUT2D eigenvalue weighted by atomic mass is 31.2. The van der Waals surface area contributed by atoms with E-state index in [0.29, 0.717) is 13.0 Å². The highest BCUT2D eigenvalue weighted by Gasteiger charge is 2.25. The Morgan fingerprint density at radius 1 is 0.592 bits per heavy atom. The summed E-state index contributed by atoms with van der Waals surface area (Å²) in [6.45, 7) is 4.84. The van der Waals surface area contributed by atoms with Crippen molar-refractivity contribution in [2.24, 2.45) is 5.73 Å². The number of nitrogens with two attached hydrogens (primary N) is 1. The number of hydrogen-bond donors (Lipinski definition) is 3. The number of hydrogen-bond acceptors (Lipinski definition) is 8. The van der Waals surface area contributed by atoms with E-state index in [9.17, 15) is 19.4 Å². The average Bonchev–Trinajstić information content (AvgIpc) is 3.08. The summed E-state index contributed by atoms with van der Waals surface area (Å²) in [7, 11) is -4.28. The summed E-state index contributed by atoms with van der Waals surface area (Å²) in [5.41, 5.74) is 5.36. The van der Waals surface area contributed by atoms with Crippen LogP contribution < -0.4 is 5.73 Å². The van der Waals surface area contributed by atoms with Crippen LogP contribution in [0.3, 0.4) is 0 Å². The van der Waals surface area contributed by atoms with Gasteiger partial charge in [0.25, 0.3) is 0 Å². The molecule has 4 N–H and O–H groups in total. The van der Waals surface area contributed by atoms with E-state index in [1.807, 2.05) is 0 Å². The fraction of sp³-hybridized carbons (Fsp3) is 0.974. The Morgan fingerprint density at radius 3 is 1.51 bits per heavy atom. The van der Waals surface area contributed by atoms with Crippen LogP contribution in [-0.2, 0) is 27.9 Å².